The summed E-state index contributed by atoms with van der Waals surface area (Å²) in [5, 5.41) is 0. The Labute approximate surface area is 79.5 Å². The zero-order chi connectivity index (χ0) is 7.84. The topological polar surface area (TPSA) is 49.4 Å². The molecule has 0 spiro atoms. The third-order valence-electron chi connectivity index (χ3n) is 1.28. The highest BCUT2D eigenvalue weighted by molar-refractivity contribution is 9.18. The molecule has 0 bridgehead atoms. The van der Waals surface area contributed by atoms with E-state index in [0.29, 0.717) is 10.6 Å². The maximum absolute atomic E-state index is 4.13. The van der Waals surface area contributed by atoms with Gasteiger partial charge < -0.3 is 0 Å². The molecule has 0 saturated heterocycles. The molecule has 0 aromatic rings. The lowest BCUT2D eigenvalue weighted by atomic mass is 10.3. The smallest absolute Gasteiger partial charge is 0.194 e. The van der Waals surface area contributed by atoms with Crippen LogP contribution in [0.2, 0.25) is 0 Å². The second kappa shape index (κ2) is 2.60. The van der Waals surface area contributed by atoms with E-state index >= 15 is 0 Å². The van der Waals surface area contributed by atoms with Crippen molar-refractivity contribution in [1.29, 1.82) is 0 Å². The van der Waals surface area contributed by atoms with E-state index in [1.165, 1.54) is 6.34 Å². The number of halogens is 2. The number of nitrogens with zero attached hydrogens (tertiary/aromatic N) is 4. The Kier molecular flexibility index (Phi) is 1.72. The molecule has 2 aliphatic rings. The van der Waals surface area contributed by atoms with Gasteiger partial charge in [-0.25, -0.2) is 20.0 Å². The Morgan fingerprint density at radius 3 is 2.91 bits per heavy atom. The first-order valence-electron chi connectivity index (χ1n) is 2.85. The van der Waals surface area contributed by atoms with Crippen molar-refractivity contribution in [3.8, 4) is 0 Å². The minimum atomic E-state index is -0.130. The second-order valence-corrected chi connectivity index (χ2v) is 3.49. The number of fused-ring (bicyclic) bond motifs is 1. The largest absolute Gasteiger partial charge is 0.242 e. The van der Waals surface area contributed by atoms with Gasteiger partial charge in [0, 0.05) is 0 Å². The van der Waals surface area contributed by atoms with Gasteiger partial charge >= 0.3 is 0 Å². The Morgan fingerprint density at radius 2 is 2.18 bits per heavy atom. The minimum absolute atomic E-state index is 0.130. The van der Waals surface area contributed by atoms with Crippen LogP contribution in [0.3, 0.4) is 0 Å². The molecule has 0 radical (unpaired) electrons. The first-order valence-corrected chi connectivity index (χ1v) is 4.43. The first-order chi connectivity index (χ1) is 5.27. The number of rotatable bonds is 0. The SMILES string of the molecule is BrC1=NC2C(Br)=NC=NC2=N1. The van der Waals surface area contributed by atoms with Crippen molar-refractivity contribution >= 4 is 53.4 Å². The standard InChI is InChI=1S/C5H2Br2N4/c6-3-2-4(9-1-8-3)11-5(7)10-2/h1-2H. The van der Waals surface area contributed by atoms with Gasteiger partial charge in [0.2, 0.25) is 0 Å². The van der Waals surface area contributed by atoms with Gasteiger partial charge in [0.25, 0.3) is 0 Å². The monoisotopic (exact) mass is 276 g/mol. The van der Waals surface area contributed by atoms with E-state index in [4.69, 9.17) is 0 Å². The fourth-order valence-corrected chi connectivity index (χ4v) is 1.61. The second-order valence-electron chi connectivity index (χ2n) is 1.97. The van der Waals surface area contributed by atoms with Gasteiger partial charge in [0.15, 0.2) is 16.6 Å². The highest BCUT2D eigenvalue weighted by Gasteiger charge is 2.26. The predicted molar refractivity (Wildman–Crippen MR) is 52.4 cm³/mol. The van der Waals surface area contributed by atoms with Crippen molar-refractivity contribution in [3.63, 3.8) is 0 Å². The molecule has 1 unspecified atom stereocenters. The van der Waals surface area contributed by atoms with Crippen LogP contribution < -0.4 is 0 Å². The Morgan fingerprint density at radius 1 is 1.36 bits per heavy atom. The van der Waals surface area contributed by atoms with E-state index in [2.05, 4.69) is 51.8 Å². The zero-order valence-electron chi connectivity index (χ0n) is 5.20. The molecule has 0 fully saturated rings. The lowest BCUT2D eigenvalue weighted by Crippen LogP contribution is -2.23. The molecular weight excluding hydrogens is 276 g/mol. The molecule has 56 valence electrons. The van der Waals surface area contributed by atoms with Crippen molar-refractivity contribution < 1.29 is 0 Å². The van der Waals surface area contributed by atoms with Crippen LogP contribution in [0.1, 0.15) is 0 Å². The molecule has 4 nitrogen and oxygen atoms in total. The third kappa shape index (κ3) is 1.20. The summed E-state index contributed by atoms with van der Waals surface area (Å²) in [6.45, 7) is 0. The van der Waals surface area contributed by atoms with Crippen molar-refractivity contribution in [3.05, 3.63) is 0 Å². The lowest BCUT2D eigenvalue weighted by molar-refractivity contribution is 1.16. The number of hydrogen-bond acceptors (Lipinski definition) is 4. The summed E-state index contributed by atoms with van der Waals surface area (Å²) in [7, 11) is 0. The van der Waals surface area contributed by atoms with Gasteiger partial charge in [-0.2, -0.15) is 0 Å². The molecule has 0 amide bonds. The average Bonchev–Trinajstić information content (AvgIpc) is 2.31. The molecule has 2 aliphatic heterocycles. The maximum atomic E-state index is 4.13. The number of hydrogen-bond donors (Lipinski definition) is 0. The molecule has 0 N–H and O–H groups in total. The summed E-state index contributed by atoms with van der Waals surface area (Å²) in [4.78, 5) is 16.1. The molecule has 11 heavy (non-hydrogen) atoms. The molecule has 0 aromatic carbocycles. The average molecular weight is 278 g/mol. The normalized spacial score (nSPS) is 27.5. The lowest BCUT2D eigenvalue weighted by Gasteiger charge is -2.06. The van der Waals surface area contributed by atoms with Crippen LogP contribution in [0.15, 0.2) is 20.0 Å². The molecule has 2 heterocycles. The van der Waals surface area contributed by atoms with Gasteiger partial charge in [-0.3, -0.25) is 0 Å². The highest BCUT2D eigenvalue weighted by Crippen LogP contribution is 2.17. The quantitative estimate of drug-likeness (QED) is 0.601. The van der Waals surface area contributed by atoms with Crippen LogP contribution in [0.5, 0.6) is 0 Å². The van der Waals surface area contributed by atoms with Gasteiger partial charge in [0.1, 0.15) is 11.0 Å². The van der Waals surface area contributed by atoms with E-state index < -0.39 is 0 Å². The molecule has 2 rings (SSSR count). The molecule has 0 aliphatic carbocycles. The van der Waals surface area contributed by atoms with Crippen molar-refractivity contribution in [2.75, 3.05) is 0 Å². The van der Waals surface area contributed by atoms with Crippen molar-refractivity contribution in [2.24, 2.45) is 20.0 Å². The first kappa shape index (κ1) is 7.30. The zero-order valence-corrected chi connectivity index (χ0v) is 8.37. The van der Waals surface area contributed by atoms with Crippen molar-refractivity contribution in [2.45, 2.75) is 6.04 Å². The van der Waals surface area contributed by atoms with E-state index in [0.717, 1.165) is 4.62 Å². The molecule has 0 aromatic heterocycles. The van der Waals surface area contributed by atoms with E-state index in [1.807, 2.05) is 0 Å². The van der Waals surface area contributed by atoms with Crippen LogP contribution >= 0.6 is 31.9 Å². The fourth-order valence-electron chi connectivity index (χ4n) is 0.822. The van der Waals surface area contributed by atoms with Crippen LogP contribution in [-0.4, -0.2) is 27.6 Å². The fraction of sp³-hybridized carbons (Fsp3) is 0.200. The minimum Gasteiger partial charge on any atom is -0.242 e. The summed E-state index contributed by atoms with van der Waals surface area (Å²) in [5.74, 6) is 0.679. The predicted octanol–water partition coefficient (Wildman–Crippen LogP) is 1.35. The van der Waals surface area contributed by atoms with E-state index in [-0.39, 0.29) is 6.04 Å². The van der Waals surface area contributed by atoms with E-state index in [9.17, 15) is 0 Å². The van der Waals surface area contributed by atoms with Crippen molar-refractivity contribution in [1.82, 2.24) is 0 Å². The number of aliphatic imine (C=N–C) groups is 4. The van der Waals surface area contributed by atoms with Gasteiger partial charge in [-0.1, -0.05) is 0 Å². The number of amidine groups is 2. The van der Waals surface area contributed by atoms with Gasteiger partial charge in [0.05, 0.1) is 0 Å². The summed E-state index contributed by atoms with van der Waals surface area (Å²) in [5.41, 5.74) is 0. The van der Waals surface area contributed by atoms with Gasteiger partial charge in [-0.15, -0.1) is 0 Å². The van der Waals surface area contributed by atoms with Crippen LogP contribution in [0.25, 0.3) is 0 Å². The highest BCUT2D eigenvalue weighted by atomic mass is 79.9. The van der Waals surface area contributed by atoms with E-state index in [1.54, 1.807) is 0 Å². The molecule has 6 heteroatoms. The third-order valence-corrected chi connectivity index (χ3v) is 2.30. The summed E-state index contributed by atoms with van der Waals surface area (Å²) in [6.07, 6.45) is 1.46. The molecule has 0 saturated carbocycles. The molecule has 1 atom stereocenters. The maximum Gasteiger partial charge on any atom is 0.194 e. The van der Waals surface area contributed by atoms with Crippen LogP contribution in [-0.2, 0) is 0 Å². The Hall–Kier alpha value is -0.360. The molecular formula is C5H2Br2N4. The van der Waals surface area contributed by atoms with Crippen LogP contribution in [0, 0.1) is 0 Å². The van der Waals surface area contributed by atoms with Crippen LogP contribution in [0.4, 0.5) is 0 Å². The van der Waals surface area contributed by atoms with Gasteiger partial charge in [-0.05, 0) is 31.9 Å². The Bertz CT molecular complexity index is 314. The summed E-state index contributed by atoms with van der Waals surface area (Å²) < 4.78 is 1.32. The summed E-state index contributed by atoms with van der Waals surface area (Å²) in [6, 6.07) is -0.130. The summed E-state index contributed by atoms with van der Waals surface area (Å²) >= 11 is 6.44. The Balaban J connectivity index is 2.44.